The Bertz CT molecular complexity index is 4200. The summed E-state index contributed by atoms with van der Waals surface area (Å²) in [4.78, 5) is 13.3. The van der Waals surface area contributed by atoms with Crippen LogP contribution < -0.4 is 0 Å². The molecule has 0 unspecified atom stereocenters. The van der Waals surface area contributed by atoms with Crippen molar-refractivity contribution in [3.05, 3.63) is 233 Å². The Morgan fingerprint density at radius 2 is 1.10 bits per heavy atom. The van der Waals surface area contributed by atoms with Gasteiger partial charge in [0.1, 0.15) is 11.7 Å². The van der Waals surface area contributed by atoms with Gasteiger partial charge in [0.05, 0.1) is 18.0 Å². The molecule has 6 aromatic carbocycles. The standard InChI is InChI=1S/C63H51N4O.Ir/c1-63(2,3)38-52-37-55-53-20-13-21-54(61(53)68-62(55)60(56(52)39-64)51-18-11-6-12-19-51)59-33-30-45(42-67-59)24-27-48-35-46(25-22-43-28-31-57(65-40-43)49-14-7-4-8-15-49)34-47(36-48)26-23-44-29-32-58(66-41-44)50-16-9-5-10-17-50;/h4-14,16,18-20,28-37,40-42H,22-27,38H2,1-3H3;/q-3;+3/i6D,11D,12D,18D,19D,22D2,23D2,24D2,25D2,26D2,27D2,38D2;. The monoisotopic (exact) mass is 1090 g/mol. The van der Waals surface area contributed by atoms with Gasteiger partial charge in [-0.3, -0.25) is 0 Å². The third kappa shape index (κ3) is 10.9. The molecule has 0 aliphatic rings. The quantitative estimate of drug-likeness (QED) is 0.101. The fourth-order valence-corrected chi connectivity index (χ4v) is 7.55. The first-order valence-electron chi connectivity index (χ1n) is 31.1. The van der Waals surface area contributed by atoms with Gasteiger partial charge in [0.25, 0.3) is 0 Å². The SMILES string of the molecule is [2H]c1c([2H])c([2H])c(-c2c(C#N)c(C([2H])([2H])C(C)(C)C)cc3c2oc2c(-c4ccc(C([2H])([2H])C([2H])([2H])c5cc(C([2H])([2H])C([2H])([2H])c6ccc(-c7[c-]cccc7)nc6)cc(C([2H])([2H])C([2H])([2H])c6ccc(-c7[c-]cccc7)nc6)c5)cn4)[c-]ccc23)c([2H])c1[2H].[Ir+3]. The summed E-state index contributed by atoms with van der Waals surface area (Å²) in [6.45, 7) is 4.87. The van der Waals surface area contributed by atoms with Crippen LogP contribution in [0, 0.1) is 34.9 Å². The van der Waals surface area contributed by atoms with Gasteiger partial charge < -0.3 is 19.4 Å². The van der Waals surface area contributed by atoms with Crippen LogP contribution in [0.4, 0.5) is 0 Å². The molecule has 5 nitrogen and oxygen atoms in total. The van der Waals surface area contributed by atoms with E-state index in [0.29, 0.717) is 27.9 Å². The molecule has 0 amide bonds. The Hall–Kier alpha value is -7.29. The summed E-state index contributed by atoms with van der Waals surface area (Å²) < 4.78 is 182. The first-order valence-corrected chi connectivity index (χ1v) is 21.6. The predicted octanol–water partition coefficient (Wildman–Crippen LogP) is 14.7. The first-order chi connectivity index (χ1) is 40.6. The van der Waals surface area contributed by atoms with Crippen LogP contribution in [0.25, 0.3) is 66.8 Å². The molecule has 0 spiro atoms. The maximum Gasteiger partial charge on any atom is 3.00 e. The topological polar surface area (TPSA) is 75.6 Å². The number of aromatic nitrogens is 3. The summed E-state index contributed by atoms with van der Waals surface area (Å²) in [6.07, 6.45) is -17.7. The largest absolute Gasteiger partial charge is 3.00 e. The van der Waals surface area contributed by atoms with Gasteiger partial charge in [-0.2, -0.15) is 5.26 Å². The number of furan rings is 1. The number of aryl methyl sites for hydroxylation is 6. The van der Waals surface area contributed by atoms with Crippen LogP contribution >= 0.6 is 0 Å². The molecular weight excluding hydrogens is 1020 g/mol. The maximum atomic E-state index is 10.8. The zero-order valence-electron chi connectivity index (χ0n) is 56.3. The van der Waals surface area contributed by atoms with Crippen LogP contribution in [0.5, 0.6) is 0 Å². The first kappa shape index (κ1) is 28.9. The fourth-order valence-electron chi connectivity index (χ4n) is 7.55. The normalized spacial score (nSPS) is 16.9. The average molecular weight is 1090 g/mol. The molecule has 0 saturated heterocycles. The number of rotatable bonds is 14. The molecule has 0 N–H and O–H groups in total. The van der Waals surface area contributed by atoms with Gasteiger partial charge in [-0.25, -0.2) is 0 Å². The van der Waals surface area contributed by atoms with Gasteiger partial charge in [-0.1, -0.05) is 117 Å². The predicted molar refractivity (Wildman–Crippen MR) is 275 cm³/mol. The molecule has 6 heteroatoms. The number of hydrogen-bond donors (Lipinski definition) is 0. The van der Waals surface area contributed by atoms with Gasteiger partial charge in [0.15, 0.2) is 0 Å². The molecule has 4 heterocycles. The molecule has 0 bridgehead atoms. The van der Waals surface area contributed by atoms with E-state index in [1.54, 1.807) is 75.4 Å². The van der Waals surface area contributed by atoms with Gasteiger partial charge >= 0.3 is 20.1 Å². The number of fused-ring (bicyclic) bond motifs is 3. The molecule has 4 aromatic heterocycles. The minimum absolute atomic E-state index is 0. The molecular formula is C63H51IrN4O. The number of benzene rings is 6. The average Bonchev–Trinajstić information content (AvgIpc) is 1.44. The maximum absolute atomic E-state index is 10.8. The molecule has 0 atom stereocenters. The van der Waals surface area contributed by atoms with Crippen LogP contribution in [0.3, 0.4) is 0 Å². The van der Waals surface area contributed by atoms with E-state index in [1.807, 2.05) is 6.07 Å². The second-order valence-electron chi connectivity index (χ2n) is 16.6. The van der Waals surface area contributed by atoms with Crippen molar-refractivity contribution in [2.75, 3.05) is 0 Å². The summed E-state index contributed by atoms with van der Waals surface area (Å²) >= 11 is 0. The van der Waals surface area contributed by atoms with Gasteiger partial charge in [-0.05, 0) is 118 Å². The molecule has 0 fully saturated rings. The van der Waals surface area contributed by atoms with E-state index in [4.69, 9.17) is 11.3 Å². The van der Waals surface area contributed by atoms with E-state index < -0.39 is 108 Å². The molecule has 69 heavy (non-hydrogen) atoms. The molecule has 0 aliphatic heterocycles. The van der Waals surface area contributed by atoms with Crippen molar-refractivity contribution in [2.45, 2.75) is 65.4 Å². The Balaban J connectivity index is 0.00000922. The van der Waals surface area contributed by atoms with Crippen LogP contribution in [0.15, 0.2) is 175 Å². The number of hydrogen-bond acceptors (Lipinski definition) is 5. The Morgan fingerprint density at radius 1 is 0.580 bits per heavy atom. The third-order valence-electron chi connectivity index (χ3n) is 10.6. The molecule has 0 radical (unpaired) electrons. The van der Waals surface area contributed by atoms with Crippen molar-refractivity contribution < 1.29 is 50.6 Å². The van der Waals surface area contributed by atoms with E-state index >= 15 is 0 Å². The molecule has 0 aliphatic carbocycles. The van der Waals surface area contributed by atoms with E-state index in [-0.39, 0.29) is 75.7 Å². The number of nitrogens with zero attached hydrogens (tertiary/aromatic N) is 4. The van der Waals surface area contributed by atoms with Crippen molar-refractivity contribution in [1.29, 1.82) is 5.26 Å². The minimum Gasteiger partial charge on any atom is -0.500 e. The summed E-state index contributed by atoms with van der Waals surface area (Å²) in [5.41, 5.74) is -3.12. The van der Waals surface area contributed by atoms with E-state index in [1.165, 1.54) is 48.5 Å². The molecule has 10 rings (SSSR count). The summed E-state index contributed by atoms with van der Waals surface area (Å²) in [7, 11) is 0. The Kier molecular flexibility index (Phi) is 8.76. The zero-order chi connectivity index (χ0) is 63.4. The Labute approximate surface area is 446 Å². The number of pyridine rings is 3. The van der Waals surface area contributed by atoms with Crippen molar-refractivity contribution in [3.8, 4) is 51.0 Å². The smallest absolute Gasteiger partial charge is 0.500 e. The van der Waals surface area contributed by atoms with Crippen molar-refractivity contribution in [2.24, 2.45) is 5.41 Å². The van der Waals surface area contributed by atoms with E-state index in [2.05, 4.69) is 33.2 Å². The van der Waals surface area contributed by atoms with Crippen LogP contribution in [-0.2, 0) is 64.7 Å². The van der Waals surface area contributed by atoms with Crippen molar-refractivity contribution in [1.82, 2.24) is 15.0 Å². The van der Waals surface area contributed by atoms with Crippen LogP contribution in [0.1, 0.15) is 91.3 Å². The summed E-state index contributed by atoms with van der Waals surface area (Å²) in [5, 5.41) is 11.3. The second kappa shape index (κ2) is 20.9. The van der Waals surface area contributed by atoms with Gasteiger partial charge in [0.2, 0.25) is 0 Å². The molecule has 10 aromatic rings. The van der Waals surface area contributed by atoms with E-state index in [9.17, 15) is 24.5 Å². The van der Waals surface area contributed by atoms with Crippen LogP contribution in [-0.4, -0.2) is 15.0 Å². The van der Waals surface area contributed by atoms with Gasteiger partial charge in [0, 0.05) is 48.7 Å². The third-order valence-corrected chi connectivity index (χ3v) is 10.6. The van der Waals surface area contributed by atoms with Crippen molar-refractivity contribution >= 4 is 21.9 Å². The zero-order valence-corrected chi connectivity index (χ0v) is 39.7. The van der Waals surface area contributed by atoms with E-state index in [0.717, 1.165) is 36.8 Å². The molecule has 0 saturated carbocycles. The summed E-state index contributed by atoms with van der Waals surface area (Å²) in [6, 6.07) is 36.9. The molecule has 338 valence electrons. The van der Waals surface area contributed by atoms with Crippen molar-refractivity contribution in [3.63, 3.8) is 0 Å². The number of nitriles is 1. The Morgan fingerprint density at radius 3 is 1.57 bits per heavy atom. The second-order valence-corrected chi connectivity index (χ2v) is 16.6. The van der Waals surface area contributed by atoms with Crippen LogP contribution in [0.2, 0.25) is 0 Å². The summed E-state index contributed by atoms with van der Waals surface area (Å²) in [5.74, 6) is 0. The fraction of sp³-hybridized carbons (Fsp3) is 0.175. The minimum atomic E-state index is -3.27. The van der Waals surface area contributed by atoms with Gasteiger partial charge in [-0.15, -0.1) is 90.0 Å².